The molecule has 2 aromatic heterocycles. The number of aliphatic carboxylic acids is 1. The Kier molecular flexibility index (Phi) is 4.72. The third kappa shape index (κ3) is 3.61. The van der Waals surface area contributed by atoms with Crippen molar-refractivity contribution in [2.75, 3.05) is 13.1 Å². The molecule has 0 bridgehead atoms. The first-order chi connectivity index (χ1) is 13.1. The van der Waals surface area contributed by atoms with Crippen LogP contribution in [0.2, 0.25) is 0 Å². The summed E-state index contributed by atoms with van der Waals surface area (Å²) in [6, 6.07) is 13.4. The predicted octanol–water partition coefficient (Wildman–Crippen LogP) is 2.33. The van der Waals surface area contributed by atoms with Crippen molar-refractivity contribution >= 4 is 23.2 Å². The molecule has 1 fully saturated rings. The lowest BCUT2D eigenvalue weighted by Gasteiger charge is -2.15. The molecular weight excluding hydrogens is 364 g/mol. The molecule has 8 heteroatoms. The van der Waals surface area contributed by atoms with Gasteiger partial charge in [0.05, 0.1) is 18.7 Å². The lowest BCUT2D eigenvalue weighted by Crippen LogP contribution is -2.30. The topological polar surface area (TPSA) is 88.3 Å². The summed E-state index contributed by atoms with van der Waals surface area (Å²) in [5.74, 6) is -2.02. The molecule has 1 aliphatic heterocycles. The number of carboxylic acids is 1. The number of amides is 1. The van der Waals surface area contributed by atoms with Crippen LogP contribution >= 0.6 is 11.3 Å². The van der Waals surface area contributed by atoms with Gasteiger partial charge in [-0.15, -0.1) is 16.4 Å². The number of benzene rings is 1. The van der Waals surface area contributed by atoms with Crippen molar-refractivity contribution in [2.45, 2.75) is 12.5 Å². The first-order valence-corrected chi connectivity index (χ1v) is 9.49. The molecule has 3 heterocycles. The molecule has 1 N–H and O–H groups in total. The fraction of sp³-hybridized carbons (Fsp3) is 0.263. The number of hydrogen-bond acceptors (Lipinski definition) is 5. The van der Waals surface area contributed by atoms with E-state index in [1.807, 2.05) is 47.8 Å². The molecule has 1 amide bonds. The van der Waals surface area contributed by atoms with Gasteiger partial charge in [-0.1, -0.05) is 41.6 Å². The molecule has 138 valence electrons. The van der Waals surface area contributed by atoms with Crippen LogP contribution < -0.4 is 0 Å². The fourth-order valence-electron chi connectivity index (χ4n) is 3.46. The van der Waals surface area contributed by atoms with E-state index in [9.17, 15) is 14.7 Å². The minimum atomic E-state index is -0.888. The second-order valence-corrected chi connectivity index (χ2v) is 7.59. The second-order valence-electron chi connectivity index (χ2n) is 6.55. The Morgan fingerprint density at radius 2 is 1.96 bits per heavy atom. The van der Waals surface area contributed by atoms with E-state index in [1.165, 1.54) is 0 Å². The quantitative estimate of drug-likeness (QED) is 0.732. The molecule has 1 saturated heterocycles. The van der Waals surface area contributed by atoms with Crippen LogP contribution in [0.25, 0.3) is 0 Å². The van der Waals surface area contributed by atoms with Crippen LogP contribution in [0.15, 0.2) is 54.0 Å². The lowest BCUT2D eigenvalue weighted by molar-refractivity contribution is -0.141. The zero-order valence-electron chi connectivity index (χ0n) is 14.4. The Bertz CT molecular complexity index is 939. The number of aromatic nitrogens is 3. The Labute approximate surface area is 159 Å². The molecule has 1 aromatic carbocycles. The number of likely N-dealkylation sites (tertiary alicyclic amines) is 1. The molecule has 3 aromatic rings. The summed E-state index contributed by atoms with van der Waals surface area (Å²) in [4.78, 5) is 27.2. The first-order valence-electron chi connectivity index (χ1n) is 8.61. The lowest BCUT2D eigenvalue weighted by atomic mass is 9.89. The molecule has 0 radical (unpaired) electrons. The number of carbonyl (C=O) groups is 2. The summed E-state index contributed by atoms with van der Waals surface area (Å²) < 4.78 is 1.62. The Hall–Kier alpha value is -3.00. The zero-order valence-corrected chi connectivity index (χ0v) is 15.2. The molecule has 2 atom stereocenters. The van der Waals surface area contributed by atoms with E-state index in [1.54, 1.807) is 27.1 Å². The van der Waals surface area contributed by atoms with Crippen molar-refractivity contribution in [1.82, 2.24) is 19.9 Å². The third-order valence-corrected chi connectivity index (χ3v) is 5.67. The predicted molar refractivity (Wildman–Crippen MR) is 99.7 cm³/mol. The monoisotopic (exact) mass is 382 g/mol. The molecular formula is C19H18N4O3S. The summed E-state index contributed by atoms with van der Waals surface area (Å²) in [5.41, 5.74) is 1.17. The van der Waals surface area contributed by atoms with Crippen LogP contribution in [0.5, 0.6) is 0 Å². The van der Waals surface area contributed by atoms with Crippen LogP contribution in [0.1, 0.15) is 26.8 Å². The van der Waals surface area contributed by atoms with Crippen LogP contribution in [0.3, 0.4) is 0 Å². The van der Waals surface area contributed by atoms with Crippen molar-refractivity contribution in [2.24, 2.45) is 5.92 Å². The van der Waals surface area contributed by atoms with Crippen molar-refractivity contribution in [3.63, 3.8) is 0 Å². The van der Waals surface area contributed by atoms with Crippen LogP contribution in [-0.4, -0.2) is 50.0 Å². The van der Waals surface area contributed by atoms with Gasteiger partial charge in [0, 0.05) is 23.9 Å². The molecule has 0 saturated carbocycles. The SMILES string of the molecule is O=C(O)C1CN(C(=O)c2cn(Cc3cccs3)nn2)CC1c1ccccc1. The number of carboxylic acid groups (broad SMARTS) is 1. The average molecular weight is 382 g/mol. The van der Waals surface area contributed by atoms with E-state index in [0.29, 0.717) is 13.1 Å². The summed E-state index contributed by atoms with van der Waals surface area (Å²) in [7, 11) is 0. The standard InChI is InChI=1S/C19H18N4O3S/c24-18(17-12-23(21-20-17)9-14-7-4-8-27-14)22-10-15(16(11-22)19(25)26)13-5-2-1-3-6-13/h1-8,12,15-16H,9-11H2,(H,25,26). The molecule has 2 unspecified atom stereocenters. The maximum atomic E-state index is 12.8. The molecule has 0 spiro atoms. The van der Waals surface area contributed by atoms with Gasteiger partial charge in [-0.3, -0.25) is 9.59 Å². The van der Waals surface area contributed by atoms with Gasteiger partial charge in [0.2, 0.25) is 0 Å². The Morgan fingerprint density at radius 1 is 1.15 bits per heavy atom. The minimum Gasteiger partial charge on any atom is -0.481 e. The minimum absolute atomic E-state index is 0.172. The maximum Gasteiger partial charge on any atom is 0.308 e. The molecule has 0 aliphatic carbocycles. The largest absolute Gasteiger partial charge is 0.481 e. The van der Waals surface area contributed by atoms with Crippen molar-refractivity contribution in [1.29, 1.82) is 0 Å². The van der Waals surface area contributed by atoms with E-state index in [2.05, 4.69) is 10.3 Å². The van der Waals surface area contributed by atoms with Gasteiger partial charge < -0.3 is 10.0 Å². The summed E-state index contributed by atoms with van der Waals surface area (Å²) in [6.45, 7) is 1.09. The zero-order chi connectivity index (χ0) is 18.8. The first kappa shape index (κ1) is 17.4. The number of hydrogen-bond donors (Lipinski definition) is 1. The van der Waals surface area contributed by atoms with E-state index < -0.39 is 11.9 Å². The molecule has 1 aliphatic rings. The highest BCUT2D eigenvalue weighted by Gasteiger charge is 2.41. The number of nitrogens with zero attached hydrogens (tertiary/aromatic N) is 4. The van der Waals surface area contributed by atoms with Gasteiger partial charge in [0.1, 0.15) is 0 Å². The van der Waals surface area contributed by atoms with Crippen LogP contribution in [0.4, 0.5) is 0 Å². The Balaban J connectivity index is 1.50. The van der Waals surface area contributed by atoms with Gasteiger partial charge in [0.25, 0.3) is 5.91 Å². The summed E-state index contributed by atoms with van der Waals surface area (Å²) in [5, 5.41) is 19.6. The maximum absolute atomic E-state index is 12.8. The summed E-state index contributed by atoms with van der Waals surface area (Å²) >= 11 is 1.61. The summed E-state index contributed by atoms with van der Waals surface area (Å²) in [6.07, 6.45) is 1.62. The van der Waals surface area contributed by atoms with Gasteiger partial charge in [-0.05, 0) is 17.0 Å². The third-order valence-electron chi connectivity index (χ3n) is 4.81. The van der Waals surface area contributed by atoms with E-state index in [0.717, 1.165) is 10.4 Å². The normalized spacial score (nSPS) is 19.3. The molecule has 4 rings (SSSR count). The number of carbonyl (C=O) groups excluding carboxylic acids is 1. The second kappa shape index (κ2) is 7.32. The fourth-order valence-corrected chi connectivity index (χ4v) is 4.15. The average Bonchev–Trinajstić information content (AvgIpc) is 3.43. The molecule has 7 nitrogen and oxygen atoms in total. The van der Waals surface area contributed by atoms with E-state index in [-0.39, 0.29) is 24.1 Å². The highest BCUT2D eigenvalue weighted by Crippen LogP contribution is 2.33. The van der Waals surface area contributed by atoms with E-state index in [4.69, 9.17) is 0 Å². The van der Waals surface area contributed by atoms with Crippen molar-refractivity contribution in [3.8, 4) is 0 Å². The Morgan fingerprint density at radius 3 is 2.67 bits per heavy atom. The number of rotatable bonds is 5. The van der Waals surface area contributed by atoms with Gasteiger partial charge >= 0.3 is 5.97 Å². The van der Waals surface area contributed by atoms with E-state index >= 15 is 0 Å². The van der Waals surface area contributed by atoms with Gasteiger partial charge in [-0.25, -0.2) is 4.68 Å². The molecule has 27 heavy (non-hydrogen) atoms. The highest BCUT2D eigenvalue weighted by molar-refractivity contribution is 7.09. The van der Waals surface area contributed by atoms with Crippen molar-refractivity contribution in [3.05, 3.63) is 70.2 Å². The smallest absolute Gasteiger partial charge is 0.308 e. The van der Waals surface area contributed by atoms with Gasteiger partial charge in [-0.2, -0.15) is 0 Å². The number of thiophene rings is 1. The van der Waals surface area contributed by atoms with Gasteiger partial charge in [0.15, 0.2) is 5.69 Å². The van der Waals surface area contributed by atoms with Crippen LogP contribution in [0, 0.1) is 5.92 Å². The highest BCUT2D eigenvalue weighted by atomic mass is 32.1. The van der Waals surface area contributed by atoms with Crippen LogP contribution in [-0.2, 0) is 11.3 Å². The van der Waals surface area contributed by atoms with Crippen molar-refractivity contribution < 1.29 is 14.7 Å².